The topological polar surface area (TPSA) is 49.2 Å². The van der Waals surface area contributed by atoms with E-state index in [1.54, 1.807) is 4.68 Å². The number of ether oxygens (including phenoxy) is 2. The van der Waals surface area contributed by atoms with Gasteiger partial charge in [-0.05, 0) is 56.4 Å². The Morgan fingerprint density at radius 3 is 2.56 bits per heavy atom. The summed E-state index contributed by atoms with van der Waals surface area (Å²) in [6, 6.07) is 13.8. The van der Waals surface area contributed by atoms with Gasteiger partial charge in [0.05, 0.1) is 12.3 Å². The lowest BCUT2D eigenvalue weighted by molar-refractivity contribution is 0.308. The lowest BCUT2D eigenvalue weighted by atomic mass is 10.2. The van der Waals surface area contributed by atoms with Gasteiger partial charge in [-0.2, -0.15) is 0 Å². The van der Waals surface area contributed by atoms with E-state index in [1.165, 1.54) is 18.4 Å². The van der Waals surface area contributed by atoms with Gasteiger partial charge in [-0.25, -0.2) is 9.67 Å². The average Bonchev–Trinajstić information content (AvgIpc) is 3.45. The molecule has 2 aromatic heterocycles. The van der Waals surface area contributed by atoms with Crippen molar-refractivity contribution in [1.29, 1.82) is 0 Å². The van der Waals surface area contributed by atoms with Gasteiger partial charge in [0.25, 0.3) is 5.88 Å². The SMILES string of the molecule is CCOc1nn(-c2ccc(C3CC3)cn2)c(C)c1Oc1ccccc1. The fraction of sp³-hybridized carbons (Fsp3) is 0.300. The average molecular weight is 335 g/mol. The number of hydrogen-bond acceptors (Lipinski definition) is 4. The molecule has 0 N–H and O–H groups in total. The molecule has 1 saturated carbocycles. The fourth-order valence-corrected chi connectivity index (χ4v) is 2.82. The van der Waals surface area contributed by atoms with E-state index < -0.39 is 0 Å². The van der Waals surface area contributed by atoms with Crippen molar-refractivity contribution in [1.82, 2.24) is 14.8 Å². The highest BCUT2D eigenvalue weighted by Crippen LogP contribution is 2.40. The summed E-state index contributed by atoms with van der Waals surface area (Å²) in [6.45, 7) is 4.42. The van der Waals surface area contributed by atoms with E-state index in [-0.39, 0.29) is 0 Å². The van der Waals surface area contributed by atoms with Crippen LogP contribution in [0.2, 0.25) is 0 Å². The molecule has 0 amide bonds. The number of aromatic nitrogens is 3. The van der Waals surface area contributed by atoms with Gasteiger partial charge in [0, 0.05) is 6.20 Å². The normalized spacial score (nSPS) is 13.7. The second-order valence-electron chi connectivity index (χ2n) is 6.20. The third-order valence-corrected chi connectivity index (χ3v) is 4.31. The smallest absolute Gasteiger partial charge is 0.277 e. The van der Waals surface area contributed by atoms with Crippen LogP contribution in [0.1, 0.15) is 36.9 Å². The van der Waals surface area contributed by atoms with Crippen molar-refractivity contribution >= 4 is 0 Å². The standard InChI is InChI=1S/C20H21N3O2/c1-3-24-20-19(25-17-7-5-4-6-8-17)14(2)23(22-20)18-12-11-16(13-21-18)15-9-10-15/h4-8,11-13,15H,3,9-10H2,1-2H3. The maximum Gasteiger partial charge on any atom is 0.277 e. The summed E-state index contributed by atoms with van der Waals surface area (Å²) >= 11 is 0. The van der Waals surface area contributed by atoms with E-state index in [2.05, 4.69) is 16.1 Å². The molecular weight excluding hydrogens is 314 g/mol. The Balaban J connectivity index is 1.69. The van der Waals surface area contributed by atoms with Gasteiger partial charge in [-0.15, -0.1) is 5.10 Å². The molecule has 5 heteroatoms. The third kappa shape index (κ3) is 3.22. The molecule has 0 unspecified atom stereocenters. The summed E-state index contributed by atoms with van der Waals surface area (Å²) in [6.07, 6.45) is 4.49. The second kappa shape index (κ2) is 6.59. The maximum absolute atomic E-state index is 6.03. The van der Waals surface area contributed by atoms with E-state index in [9.17, 15) is 0 Å². The number of pyridine rings is 1. The number of rotatable bonds is 6. The first kappa shape index (κ1) is 15.7. The Labute approximate surface area is 147 Å². The molecule has 128 valence electrons. The molecule has 1 aliphatic rings. The molecule has 0 bridgehead atoms. The molecule has 0 atom stereocenters. The molecule has 1 aromatic carbocycles. The minimum absolute atomic E-state index is 0.483. The Kier molecular flexibility index (Phi) is 4.14. The zero-order valence-corrected chi connectivity index (χ0v) is 14.5. The van der Waals surface area contributed by atoms with E-state index in [0.717, 1.165) is 17.3 Å². The largest absolute Gasteiger partial charge is 0.474 e. The molecule has 5 nitrogen and oxygen atoms in total. The Morgan fingerprint density at radius 1 is 1.12 bits per heavy atom. The summed E-state index contributed by atoms with van der Waals surface area (Å²) in [4.78, 5) is 4.58. The van der Waals surface area contributed by atoms with Crippen LogP contribution in [0.5, 0.6) is 17.4 Å². The van der Waals surface area contributed by atoms with Crippen molar-refractivity contribution in [3.63, 3.8) is 0 Å². The first-order valence-electron chi connectivity index (χ1n) is 8.68. The predicted molar refractivity (Wildman–Crippen MR) is 95.8 cm³/mol. The highest BCUT2D eigenvalue weighted by molar-refractivity contribution is 5.45. The van der Waals surface area contributed by atoms with Crippen LogP contribution in [0, 0.1) is 6.92 Å². The summed E-state index contributed by atoms with van der Waals surface area (Å²) < 4.78 is 13.5. The van der Waals surface area contributed by atoms with E-state index in [0.29, 0.717) is 24.2 Å². The summed E-state index contributed by atoms with van der Waals surface area (Å²) in [5.74, 6) is 3.32. The number of benzene rings is 1. The van der Waals surface area contributed by atoms with Crippen LogP contribution in [0.4, 0.5) is 0 Å². The van der Waals surface area contributed by atoms with Crippen LogP contribution >= 0.6 is 0 Å². The monoisotopic (exact) mass is 335 g/mol. The lowest BCUT2D eigenvalue weighted by Crippen LogP contribution is -2.02. The van der Waals surface area contributed by atoms with Gasteiger partial charge < -0.3 is 9.47 Å². The van der Waals surface area contributed by atoms with Gasteiger partial charge in [0.15, 0.2) is 5.82 Å². The number of para-hydroxylation sites is 1. The molecule has 1 fully saturated rings. The number of nitrogens with zero attached hydrogens (tertiary/aromatic N) is 3. The Bertz CT molecular complexity index is 853. The van der Waals surface area contributed by atoms with Crippen molar-refractivity contribution in [3.8, 4) is 23.2 Å². The Hall–Kier alpha value is -2.82. The van der Waals surface area contributed by atoms with Crippen molar-refractivity contribution < 1.29 is 9.47 Å². The quantitative estimate of drug-likeness (QED) is 0.658. The van der Waals surface area contributed by atoms with E-state index >= 15 is 0 Å². The van der Waals surface area contributed by atoms with E-state index in [4.69, 9.17) is 9.47 Å². The van der Waals surface area contributed by atoms with Crippen LogP contribution < -0.4 is 9.47 Å². The van der Waals surface area contributed by atoms with Gasteiger partial charge in [0.1, 0.15) is 5.75 Å². The summed E-state index contributed by atoms with van der Waals surface area (Å²) in [5, 5.41) is 4.56. The van der Waals surface area contributed by atoms with Crippen LogP contribution in [0.15, 0.2) is 48.7 Å². The summed E-state index contributed by atoms with van der Waals surface area (Å²) in [5.41, 5.74) is 2.17. The van der Waals surface area contributed by atoms with Crippen molar-refractivity contribution in [2.24, 2.45) is 0 Å². The molecule has 4 rings (SSSR count). The van der Waals surface area contributed by atoms with Gasteiger partial charge >= 0.3 is 0 Å². The fourth-order valence-electron chi connectivity index (χ4n) is 2.82. The molecule has 3 aromatic rings. The van der Waals surface area contributed by atoms with Crippen molar-refractivity contribution in [2.75, 3.05) is 6.61 Å². The maximum atomic E-state index is 6.03. The van der Waals surface area contributed by atoms with Crippen LogP contribution in [-0.4, -0.2) is 21.4 Å². The molecule has 25 heavy (non-hydrogen) atoms. The zero-order valence-electron chi connectivity index (χ0n) is 14.5. The van der Waals surface area contributed by atoms with Crippen LogP contribution in [-0.2, 0) is 0 Å². The molecule has 2 heterocycles. The molecule has 0 radical (unpaired) electrons. The van der Waals surface area contributed by atoms with Gasteiger partial charge in [-0.3, -0.25) is 0 Å². The Morgan fingerprint density at radius 2 is 1.92 bits per heavy atom. The summed E-state index contributed by atoms with van der Waals surface area (Å²) in [7, 11) is 0. The third-order valence-electron chi connectivity index (χ3n) is 4.31. The first-order valence-corrected chi connectivity index (χ1v) is 8.68. The predicted octanol–water partition coefficient (Wildman–Crippen LogP) is 4.64. The molecule has 0 saturated heterocycles. The number of hydrogen-bond donors (Lipinski definition) is 0. The van der Waals surface area contributed by atoms with Crippen molar-refractivity contribution in [3.05, 3.63) is 59.9 Å². The highest BCUT2D eigenvalue weighted by atomic mass is 16.5. The second-order valence-corrected chi connectivity index (χ2v) is 6.20. The van der Waals surface area contributed by atoms with Gasteiger partial charge in [-0.1, -0.05) is 24.3 Å². The lowest BCUT2D eigenvalue weighted by Gasteiger charge is -2.07. The van der Waals surface area contributed by atoms with Crippen molar-refractivity contribution in [2.45, 2.75) is 32.6 Å². The highest BCUT2D eigenvalue weighted by Gasteiger charge is 2.24. The minimum atomic E-state index is 0.483. The molecule has 0 spiro atoms. The van der Waals surface area contributed by atoms with Gasteiger partial charge in [0.2, 0.25) is 5.75 Å². The minimum Gasteiger partial charge on any atom is -0.474 e. The molecular formula is C20H21N3O2. The van der Waals surface area contributed by atoms with Crippen LogP contribution in [0.25, 0.3) is 5.82 Å². The first-order chi connectivity index (χ1) is 12.3. The molecule has 0 aliphatic heterocycles. The zero-order chi connectivity index (χ0) is 17.2. The molecule has 1 aliphatic carbocycles. The van der Waals surface area contributed by atoms with E-state index in [1.807, 2.05) is 56.4 Å². The van der Waals surface area contributed by atoms with Crippen LogP contribution in [0.3, 0.4) is 0 Å².